The molecule has 3 N–H and O–H groups in total. The molecule has 0 spiro atoms. The largest absolute Gasteiger partial charge is 0.361 e. The van der Waals surface area contributed by atoms with Gasteiger partial charge in [0.25, 0.3) is 0 Å². The van der Waals surface area contributed by atoms with E-state index in [0.717, 1.165) is 42.9 Å². The Morgan fingerprint density at radius 1 is 1.36 bits per heavy atom. The molecule has 2 unspecified atom stereocenters. The fourth-order valence-corrected chi connectivity index (χ4v) is 3.76. The molecule has 2 heterocycles. The van der Waals surface area contributed by atoms with Gasteiger partial charge in [-0.15, -0.1) is 24.0 Å². The minimum absolute atomic E-state index is 0. The van der Waals surface area contributed by atoms with Crippen LogP contribution in [-0.4, -0.2) is 54.1 Å². The lowest BCUT2D eigenvalue weighted by molar-refractivity contribution is 0.265. The highest BCUT2D eigenvalue weighted by molar-refractivity contribution is 14.0. The van der Waals surface area contributed by atoms with Gasteiger partial charge < -0.3 is 15.6 Å². The summed E-state index contributed by atoms with van der Waals surface area (Å²) in [6, 6.07) is 5.88. The first-order chi connectivity index (χ1) is 13.0. The van der Waals surface area contributed by atoms with Crippen LogP contribution in [0.4, 0.5) is 4.39 Å². The van der Waals surface area contributed by atoms with Gasteiger partial charge in [-0.25, -0.2) is 4.39 Å². The summed E-state index contributed by atoms with van der Waals surface area (Å²) in [5.74, 6) is 1.26. The van der Waals surface area contributed by atoms with E-state index in [2.05, 4.69) is 48.2 Å². The molecule has 1 fully saturated rings. The number of benzene rings is 1. The third-order valence-electron chi connectivity index (χ3n) is 5.42. The van der Waals surface area contributed by atoms with Crippen LogP contribution in [0.3, 0.4) is 0 Å². The number of H-pyrrole nitrogens is 1. The second-order valence-electron chi connectivity index (χ2n) is 7.79. The van der Waals surface area contributed by atoms with Crippen LogP contribution in [0.1, 0.15) is 33.3 Å². The number of halogens is 2. The van der Waals surface area contributed by atoms with Gasteiger partial charge in [-0.3, -0.25) is 9.89 Å². The van der Waals surface area contributed by atoms with E-state index in [4.69, 9.17) is 4.99 Å². The number of aliphatic imine (C=N–C) groups is 1. The summed E-state index contributed by atoms with van der Waals surface area (Å²) in [6.45, 7) is 12.6. The molecule has 0 aliphatic carbocycles. The highest BCUT2D eigenvalue weighted by Gasteiger charge is 2.31. The molecule has 0 amide bonds. The number of aromatic nitrogens is 1. The van der Waals surface area contributed by atoms with Crippen molar-refractivity contribution >= 4 is 40.8 Å². The molecule has 1 saturated heterocycles. The highest BCUT2D eigenvalue weighted by atomic mass is 127. The molecule has 1 aliphatic heterocycles. The van der Waals surface area contributed by atoms with E-state index in [1.165, 1.54) is 17.7 Å². The second kappa shape index (κ2) is 10.4. The molecule has 28 heavy (non-hydrogen) atoms. The zero-order valence-electron chi connectivity index (χ0n) is 17.3. The van der Waals surface area contributed by atoms with E-state index in [1.807, 2.05) is 12.3 Å². The Morgan fingerprint density at radius 2 is 2.14 bits per heavy atom. The molecule has 156 valence electrons. The van der Waals surface area contributed by atoms with Crippen LogP contribution in [0.15, 0.2) is 29.4 Å². The standard InChI is InChI=1S/C21H32FN5.HI/c1-5-23-21(26-20-13-27(14(2)3)12-15(20)4)24-9-8-16-11-25-19-10-17(22)6-7-18(16)19;/h6-7,10-11,14-15,20,25H,5,8-9,12-13H2,1-4H3,(H2,23,24,26);1H. The highest BCUT2D eigenvalue weighted by Crippen LogP contribution is 2.20. The lowest BCUT2D eigenvalue weighted by atomic mass is 10.1. The molecule has 1 aromatic carbocycles. The Morgan fingerprint density at radius 3 is 2.82 bits per heavy atom. The minimum Gasteiger partial charge on any atom is -0.361 e. The van der Waals surface area contributed by atoms with Crippen LogP contribution in [-0.2, 0) is 6.42 Å². The Labute approximate surface area is 184 Å². The van der Waals surface area contributed by atoms with E-state index >= 15 is 0 Å². The van der Waals surface area contributed by atoms with Crippen molar-refractivity contribution < 1.29 is 4.39 Å². The van der Waals surface area contributed by atoms with Gasteiger partial charge in [0.1, 0.15) is 5.82 Å². The van der Waals surface area contributed by atoms with Crippen molar-refractivity contribution in [3.8, 4) is 0 Å². The van der Waals surface area contributed by atoms with Gasteiger partial charge >= 0.3 is 0 Å². The number of nitrogens with zero attached hydrogens (tertiary/aromatic N) is 2. The summed E-state index contributed by atoms with van der Waals surface area (Å²) >= 11 is 0. The summed E-state index contributed by atoms with van der Waals surface area (Å²) < 4.78 is 13.3. The number of hydrogen-bond acceptors (Lipinski definition) is 2. The lowest BCUT2D eigenvalue weighted by Crippen LogP contribution is -2.46. The predicted molar refractivity (Wildman–Crippen MR) is 126 cm³/mol. The van der Waals surface area contributed by atoms with Crippen molar-refractivity contribution in [2.24, 2.45) is 10.9 Å². The van der Waals surface area contributed by atoms with Crippen molar-refractivity contribution in [1.82, 2.24) is 20.5 Å². The summed E-state index contributed by atoms with van der Waals surface area (Å²) in [5.41, 5.74) is 2.01. The molecule has 2 aromatic rings. The van der Waals surface area contributed by atoms with Gasteiger partial charge in [0.15, 0.2) is 5.96 Å². The van der Waals surface area contributed by atoms with Crippen LogP contribution in [0.25, 0.3) is 10.9 Å². The zero-order valence-corrected chi connectivity index (χ0v) is 19.6. The summed E-state index contributed by atoms with van der Waals surface area (Å²) in [6.07, 6.45) is 2.78. The SMILES string of the molecule is CCNC(=NCCc1c[nH]c2cc(F)ccc12)NC1CN(C(C)C)CC1C.I. The van der Waals surface area contributed by atoms with Crippen LogP contribution in [0, 0.1) is 11.7 Å². The van der Waals surface area contributed by atoms with E-state index in [9.17, 15) is 4.39 Å². The maximum absolute atomic E-state index is 13.3. The average Bonchev–Trinajstić information content (AvgIpc) is 3.19. The smallest absolute Gasteiger partial charge is 0.191 e. The molecule has 0 radical (unpaired) electrons. The van der Waals surface area contributed by atoms with Gasteiger partial charge in [0.2, 0.25) is 0 Å². The van der Waals surface area contributed by atoms with Crippen LogP contribution in [0.2, 0.25) is 0 Å². The van der Waals surface area contributed by atoms with E-state index < -0.39 is 0 Å². The average molecular weight is 501 g/mol. The Bertz CT molecular complexity index is 788. The third kappa shape index (κ3) is 5.59. The molecule has 0 bridgehead atoms. The molecule has 2 atom stereocenters. The number of hydrogen-bond donors (Lipinski definition) is 3. The molecular weight excluding hydrogens is 468 g/mol. The number of likely N-dealkylation sites (tertiary alicyclic amines) is 1. The molecule has 5 nitrogen and oxygen atoms in total. The first-order valence-electron chi connectivity index (χ1n) is 10.0. The molecule has 0 saturated carbocycles. The quantitative estimate of drug-likeness (QED) is 0.321. The van der Waals surface area contributed by atoms with Crippen LogP contribution in [0.5, 0.6) is 0 Å². The van der Waals surface area contributed by atoms with E-state index in [-0.39, 0.29) is 29.8 Å². The summed E-state index contributed by atoms with van der Waals surface area (Å²) in [4.78, 5) is 10.4. The zero-order chi connectivity index (χ0) is 19.4. The normalized spacial score (nSPS) is 20.6. The van der Waals surface area contributed by atoms with Gasteiger partial charge in [0, 0.05) is 55.4 Å². The number of aromatic amines is 1. The maximum Gasteiger partial charge on any atom is 0.191 e. The number of rotatable bonds is 6. The Balaban J connectivity index is 0.00000280. The van der Waals surface area contributed by atoms with Gasteiger partial charge in [-0.05, 0) is 56.9 Å². The monoisotopic (exact) mass is 501 g/mol. The molecular formula is C21H33FIN5. The van der Waals surface area contributed by atoms with Crippen molar-refractivity contribution in [3.63, 3.8) is 0 Å². The Kier molecular flexibility index (Phi) is 8.55. The minimum atomic E-state index is -0.214. The van der Waals surface area contributed by atoms with Crippen LogP contribution >= 0.6 is 24.0 Å². The molecule has 7 heteroatoms. The molecule has 3 rings (SSSR count). The maximum atomic E-state index is 13.3. The van der Waals surface area contributed by atoms with Crippen molar-refractivity contribution in [2.75, 3.05) is 26.2 Å². The number of guanidine groups is 1. The fraction of sp³-hybridized carbons (Fsp3) is 0.571. The predicted octanol–water partition coefficient (Wildman–Crippen LogP) is 3.75. The van der Waals surface area contributed by atoms with E-state index in [1.54, 1.807) is 0 Å². The second-order valence-corrected chi connectivity index (χ2v) is 7.79. The first-order valence-corrected chi connectivity index (χ1v) is 10.0. The van der Waals surface area contributed by atoms with Crippen molar-refractivity contribution in [3.05, 3.63) is 35.8 Å². The molecule has 1 aromatic heterocycles. The third-order valence-corrected chi connectivity index (χ3v) is 5.42. The summed E-state index contributed by atoms with van der Waals surface area (Å²) in [5, 5.41) is 8.05. The lowest BCUT2D eigenvalue weighted by Gasteiger charge is -2.21. The van der Waals surface area contributed by atoms with E-state index in [0.29, 0.717) is 24.5 Å². The Hall–Kier alpha value is -1.35. The molecule has 1 aliphatic rings. The number of nitrogens with one attached hydrogen (secondary N) is 3. The van der Waals surface area contributed by atoms with Gasteiger partial charge in [-0.2, -0.15) is 0 Å². The first kappa shape index (κ1) is 22.9. The summed E-state index contributed by atoms with van der Waals surface area (Å²) in [7, 11) is 0. The fourth-order valence-electron chi connectivity index (χ4n) is 3.76. The van der Waals surface area contributed by atoms with Crippen molar-refractivity contribution in [1.29, 1.82) is 0 Å². The van der Waals surface area contributed by atoms with Gasteiger partial charge in [0.05, 0.1) is 0 Å². The topological polar surface area (TPSA) is 55.5 Å². The van der Waals surface area contributed by atoms with Gasteiger partial charge in [-0.1, -0.05) is 6.92 Å². The van der Waals surface area contributed by atoms with Crippen LogP contribution < -0.4 is 10.6 Å². The van der Waals surface area contributed by atoms with Crippen molar-refractivity contribution in [2.45, 2.75) is 46.2 Å². The number of fused-ring (bicyclic) bond motifs is 1.